The predicted octanol–water partition coefficient (Wildman–Crippen LogP) is 4.89. The van der Waals surface area contributed by atoms with Crippen molar-refractivity contribution >= 4 is 39.0 Å². The Morgan fingerprint density at radius 1 is 1.18 bits per heavy atom. The number of esters is 1. The molecule has 8 nitrogen and oxygen atoms in total. The van der Waals surface area contributed by atoms with Crippen molar-refractivity contribution in [1.82, 2.24) is 9.66 Å². The number of fused-ring (bicyclic) bond motifs is 1. The number of hydrogen-bond acceptors (Lipinski definition) is 7. The monoisotopic (exact) mass is 529 g/mol. The van der Waals surface area contributed by atoms with E-state index in [9.17, 15) is 9.59 Å². The highest BCUT2D eigenvalue weighted by molar-refractivity contribution is 9.10. The molecule has 0 bridgehead atoms. The summed E-state index contributed by atoms with van der Waals surface area (Å²) in [5.74, 6) is 1.01. The molecular weight excluding hydrogens is 502 g/mol. The maximum atomic E-state index is 13.3. The molecule has 0 aliphatic heterocycles. The normalized spacial score (nSPS) is 13.1. The molecule has 0 unspecified atom stereocenters. The van der Waals surface area contributed by atoms with Crippen LogP contribution in [-0.2, 0) is 9.53 Å². The molecular formula is C25H28BrN3O5. The summed E-state index contributed by atoms with van der Waals surface area (Å²) in [6, 6.07) is 10.6. The molecule has 0 saturated carbocycles. The minimum Gasteiger partial charge on any atom is -0.490 e. The van der Waals surface area contributed by atoms with Crippen molar-refractivity contribution in [3.63, 3.8) is 0 Å². The van der Waals surface area contributed by atoms with Crippen molar-refractivity contribution in [3.05, 3.63) is 62.6 Å². The molecule has 1 aromatic heterocycles. The first-order valence-electron chi connectivity index (χ1n) is 11.1. The van der Waals surface area contributed by atoms with Crippen LogP contribution in [0.2, 0.25) is 0 Å². The number of rotatable bonds is 9. The van der Waals surface area contributed by atoms with Gasteiger partial charge in [0.15, 0.2) is 17.6 Å². The Hall–Kier alpha value is -3.20. The highest BCUT2D eigenvalue weighted by Gasteiger charge is 2.18. The molecule has 0 N–H and O–H groups in total. The van der Waals surface area contributed by atoms with E-state index in [0.717, 1.165) is 10.9 Å². The number of carbonyl (C=O) groups is 1. The van der Waals surface area contributed by atoms with E-state index in [0.29, 0.717) is 40.4 Å². The fraction of sp³-hybridized carbons (Fsp3) is 0.360. The lowest BCUT2D eigenvalue weighted by Gasteiger charge is -2.16. The second kappa shape index (κ2) is 11.3. The molecule has 3 rings (SSSR count). The van der Waals surface area contributed by atoms with Gasteiger partial charge in [-0.1, -0.05) is 29.8 Å². The third-order valence-electron chi connectivity index (χ3n) is 5.31. The number of benzene rings is 2. The van der Waals surface area contributed by atoms with E-state index < -0.39 is 12.1 Å². The summed E-state index contributed by atoms with van der Waals surface area (Å²) in [5.41, 5.74) is 1.09. The van der Waals surface area contributed by atoms with E-state index in [1.54, 1.807) is 37.4 Å². The van der Waals surface area contributed by atoms with Gasteiger partial charge in [0.2, 0.25) is 0 Å². The van der Waals surface area contributed by atoms with Gasteiger partial charge in [0, 0.05) is 10.4 Å². The third kappa shape index (κ3) is 5.64. The van der Waals surface area contributed by atoms with Crippen molar-refractivity contribution in [2.24, 2.45) is 5.10 Å². The summed E-state index contributed by atoms with van der Waals surface area (Å²) in [4.78, 5) is 29.7. The van der Waals surface area contributed by atoms with Gasteiger partial charge in [-0.25, -0.2) is 9.78 Å². The Bertz CT molecular complexity index is 1270. The summed E-state index contributed by atoms with van der Waals surface area (Å²) in [5, 5.41) is 4.97. The van der Waals surface area contributed by atoms with Gasteiger partial charge in [0.05, 0.1) is 30.8 Å². The molecule has 3 aromatic rings. The van der Waals surface area contributed by atoms with E-state index in [4.69, 9.17) is 19.2 Å². The zero-order chi connectivity index (χ0) is 24.8. The van der Waals surface area contributed by atoms with Crippen molar-refractivity contribution in [2.45, 2.75) is 46.1 Å². The van der Waals surface area contributed by atoms with Crippen molar-refractivity contribution < 1.29 is 19.0 Å². The summed E-state index contributed by atoms with van der Waals surface area (Å²) < 4.78 is 18.3. The molecule has 0 aliphatic rings. The van der Waals surface area contributed by atoms with E-state index >= 15 is 0 Å². The standard InChI is InChI=1S/C25H28BrN3O5/c1-6-15(3)23-28-20-10-9-18(26)13-19(20)24(30)29(23)27-14-17-8-11-21(22(12-17)33-7-2)34-16(4)25(31)32-5/h8-16H,6-7H2,1-5H3/t15-,16+/m0/s1. The lowest BCUT2D eigenvalue weighted by Crippen LogP contribution is -2.25. The first-order chi connectivity index (χ1) is 16.3. The van der Waals surface area contributed by atoms with Gasteiger partial charge < -0.3 is 14.2 Å². The summed E-state index contributed by atoms with van der Waals surface area (Å²) in [7, 11) is 1.31. The van der Waals surface area contributed by atoms with Crippen LogP contribution in [0.5, 0.6) is 11.5 Å². The molecule has 0 aliphatic carbocycles. The van der Waals surface area contributed by atoms with Crippen LogP contribution in [0.25, 0.3) is 10.9 Å². The Morgan fingerprint density at radius 2 is 1.94 bits per heavy atom. The quantitative estimate of drug-likeness (QED) is 0.289. The van der Waals surface area contributed by atoms with Crippen LogP contribution in [-0.4, -0.2) is 41.7 Å². The smallest absolute Gasteiger partial charge is 0.346 e. The molecule has 0 fully saturated rings. The van der Waals surface area contributed by atoms with Gasteiger partial charge in [0.25, 0.3) is 5.56 Å². The highest BCUT2D eigenvalue weighted by atomic mass is 79.9. The molecule has 2 atom stereocenters. The number of methoxy groups -OCH3 is 1. The van der Waals surface area contributed by atoms with E-state index in [1.165, 1.54) is 11.8 Å². The molecule has 2 aromatic carbocycles. The molecule has 34 heavy (non-hydrogen) atoms. The second-order valence-electron chi connectivity index (χ2n) is 7.72. The Labute approximate surface area is 206 Å². The van der Waals surface area contributed by atoms with Gasteiger partial charge >= 0.3 is 5.97 Å². The van der Waals surface area contributed by atoms with Crippen LogP contribution in [0.1, 0.15) is 51.4 Å². The Balaban J connectivity index is 2.03. The topological polar surface area (TPSA) is 92.0 Å². The van der Waals surface area contributed by atoms with Crippen LogP contribution >= 0.6 is 15.9 Å². The van der Waals surface area contributed by atoms with Crippen LogP contribution in [0.15, 0.2) is 50.8 Å². The Morgan fingerprint density at radius 3 is 2.62 bits per heavy atom. The molecule has 1 heterocycles. The predicted molar refractivity (Wildman–Crippen MR) is 135 cm³/mol. The fourth-order valence-electron chi connectivity index (χ4n) is 3.28. The number of ether oxygens (including phenoxy) is 3. The second-order valence-corrected chi connectivity index (χ2v) is 8.64. The Kier molecular flexibility index (Phi) is 8.44. The van der Waals surface area contributed by atoms with Crippen LogP contribution in [0.4, 0.5) is 0 Å². The number of aromatic nitrogens is 2. The lowest BCUT2D eigenvalue weighted by molar-refractivity contribution is -0.147. The van der Waals surface area contributed by atoms with Gasteiger partial charge in [-0.2, -0.15) is 9.78 Å². The van der Waals surface area contributed by atoms with E-state index in [2.05, 4.69) is 21.0 Å². The zero-order valence-corrected chi connectivity index (χ0v) is 21.5. The van der Waals surface area contributed by atoms with Crippen LogP contribution in [0.3, 0.4) is 0 Å². The molecule has 0 radical (unpaired) electrons. The third-order valence-corrected chi connectivity index (χ3v) is 5.81. The lowest BCUT2D eigenvalue weighted by atomic mass is 10.1. The minimum atomic E-state index is -0.789. The van der Waals surface area contributed by atoms with Gasteiger partial charge in [-0.05, 0) is 62.2 Å². The summed E-state index contributed by atoms with van der Waals surface area (Å²) in [6.07, 6.45) is 1.60. The fourth-order valence-corrected chi connectivity index (χ4v) is 3.64. The molecule has 0 saturated heterocycles. The number of halogens is 1. The zero-order valence-electron chi connectivity index (χ0n) is 19.9. The minimum absolute atomic E-state index is 0.0347. The largest absolute Gasteiger partial charge is 0.490 e. The van der Waals surface area contributed by atoms with Gasteiger partial charge in [-0.15, -0.1) is 0 Å². The molecule has 0 spiro atoms. The molecule has 9 heteroatoms. The highest BCUT2D eigenvalue weighted by Crippen LogP contribution is 2.29. The molecule has 180 valence electrons. The van der Waals surface area contributed by atoms with E-state index in [1.807, 2.05) is 32.9 Å². The average molecular weight is 530 g/mol. The first kappa shape index (κ1) is 25.4. The number of carbonyl (C=O) groups excluding carboxylic acids is 1. The van der Waals surface area contributed by atoms with Crippen molar-refractivity contribution in [2.75, 3.05) is 13.7 Å². The SMILES string of the molecule is CCOc1cc(C=Nn2c([C@@H](C)CC)nc3ccc(Br)cc3c2=O)ccc1O[C@H](C)C(=O)OC. The first-order valence-corrected chi connectivity index (χ1v) is 11.9. The number of hydrogen-bond donors (Lipinski definition) is 0. The average Bonchev–Trinajstić information content (AvgIpc) is 2.84. The van der Waals surface area contributed by atoms with Gasteiger partial charge in [-0.3, -0.25) is 4.79 Å². The maximum Gasteiger partial charge on any atom is 0.346 e. The maximum absolute atomic E-state index is 13.3. The summed E-state index contributed by atoms with van der Waals surface area (Å²) in [6.45, 7) is 7.92. The van der Waals surface area contributed by atoms with Crippen molar-refractivity contribution in [1.29, 1.82) is 0 Å². The number of nitrogens with zero attached hydrogens (tertiary/aromatic N) is 3. The summed E-state index contributed by atoms with van der Waals surface area (Å²) >= 11 is 3.42. The molecule has 0 amide bonds. The van der Waals surface area contributed by atoms with Crippen molar-refractivity contribution in [3.8, 4) is 11.5 Å². The van der Waals surface area contributed by atoms with Gasteiger partial charge in [0.1, 0.15) is 5.82 Å². The van der Waals surface area contributed by atoms with Crippen LogP contribution < -0.4 is 15.0 Å². The van der Waals surface area contributed by atoms with E-state index in [-0.39, 0.29) is 11.5 Å². The van der Waals surface area contributed by atoms with Crippen LogP contribution in [0, 0.1) is 0 Å².